The van der Waals surface area contributed by atoms with Crippen LogP contribution in [0.15, 0.2) is 90.1 Å². The minimum atomic E-state index is -1.24. The minimum Gasteiger partial charge on any atom is -0.493 e. The van der Waals surface area contributed by atoms with E-state index in [4.69, 9.17) is 31.1 Å². The highest BCUT2D eigenvalue weighted by molar-refractivity contribution is 6.30. The number of carbonyl (C=O) groups is 1. The molecular weight excluding hydrogens is 548 g/mol. The number of carbonyl (C=O) groups excluding carboxylic acids is 1. The fourth-order valence-corrected chi connectivity index (χ4v) is 9.15. The van der Waals surface area contributed by atoms with Crippen LogP contribution in [0.2, 0.25) is 5.02 Å². The Morgan fingerprint density at radius 3 is 2.05 bits per heavy atom. The van der Waals surface area contributed by atoms with Crippen LogP contribution in [0.3, 0.4) is 0 Å². The number of amides is 1. The monoisotopic (exact) mass is 574 g/mol. The molecule has 1 saturated heterocycles. The average Bonchev–Trinajstić information content (AvgIpc) is 3.51. The van der Waals surface area contributed by atoms with Crippen LogP contribution in [0.25, 0.3) is 0 Å². The van der Waals surface area contributed by atoms with E-state index in [2.05, 4.69) is 65.6 Å². The maximum Gasteiger partial charge on any atom is 0.272 e. The lowest BCUT2D eigenvalue weighted by Gasteiger charge is -2.57. The third-order valence-corrected chi connectivity index (χ3v) is 10.6. The summed E-state index contributed by atoms with van der Waals surface area (Å²) in [7, 11) is 3.31. The number of hydrogen-bond donors (Lipinski definition) is 0. The van der Waals surface area contributed by atoms with Crippen molar-refractivity contribution in [3.05, 3.63) is 129 Å². The van der Waals surface area contributed by atoms with Crippen LogP contribution in [-0.2, 0) is 16.1 Å². The van der Waals surface area contributed by atoms with Crippen LogP contribution in [0.4, 0.5) is 0 Å². The van der Waals surface area contributed by atoms with Crippen LogP contribution < -0.4 is 9.47 Å². The molecule has 4 aromatic rings. The molecule has 1 amide bonds. The van der Waals surface area contributed by atoms with Gasteiger partial charge in [-0.2, -0.15) is 0 Å². The zero-order chi connectivity index (χ0) is 28.4. The second-order valence-electron chi connectivity index (χ2n) is 11.8. The Morgan fingerprint density at radius 1 is 0.833 bits per heavy atom. The smallest absolute Gasteiger partial charge is 0.272 e. The quantitative estimate of drug-likeness (QED) is 0.290. The van der Waals surface area contributed by atoms with Gasteiger partial charge in [0.05, 0.1) is 26.2 Å². The van der Waals surface area contributed by atoms with Crippen molar-refractivity contribution in [3.8, 4) is 11.5 Å². The third-order valence-electron chi connectivity index (χ3n) is 10.4. The van der Waals surface area contributed by atoms with E-state index >= 15 is 4.79 Å². The van der Waals surface area contributed by atoms with Gasteiger partial charge >= 0.3 is 0 Å². The van der Waals surface area contributed by atoms with Crippen molar-refractivity contribution in [2.45, 2.75) is 29.9 Å². The first-order valence-electron chi connectivity index (χ1n) is 14.3. The fourth-order valence-electron chi connectivity index (χ4n) is 9.02. The average molecular weight is 575 g/mol. The van der Waals surface area contributed by atoms with Crippen molar-refractivity contribution in [2.75, 3.05) is 20.8 Å². The molecule has 3 atom stereocenters. The van der Waals surface area contributed by atoms with Gasteiger partial charge in [0, 0.05) is 23.0 Å². The number of oxime groups is 1. The van der Waals surface area contributed by atoms with E-state index in [1.807, 2.05) is 24.3 Å². The highest BCUT2D eigenvalue weighted by Crippen LogP contribution is 2.77. The first kappa shape index (κ1) is 24.3. The summed E-state index contributed by atoms with van der Waals surface area (Å²) >= 11 is 6.36. The van der Waals surface area contributed by atoms with E-state index in [-0.39, 0.29) is 23.8 Å². The van der Waals surface area contributed by atoms with Gasteiger partial charge in [-0.25, -0.2) is 0 Å². The second kappa shape index (κ2) is 8.17. The Hall–Kier alpha value is -4.29. The maximum atomic E-state index is 15.2. The van der Waals surface area contributed by atoms with Crippen molar-refractivity contribution in [1.82, 2.24) is 4.90 Å². The van der Waals surface area contributed by atoms with E-state index in [1.54, 1.807) is 14.2 Å². The highest BCUT2D eigenvalue weighted by Gasteiger charge is 2.85. The van der Waals surface area contributed by atoms with Gasteiger partial charge in [0.15, 0.2) is 11.5 Å². The number of nitrogens with zero attached hydrogens (tertiary/aromatic N) is 2. The van der Waals surface area contributed by atoms with Crippen molar-refractivity contribution in [3.63, 3.8) is 0 Å². The molecule has 0 radical (unpaired) electrons. The Kier molecular flexibility index (Phi) is 4.73. The van der Waals surface area contributed by atoms with Crippen LogP contribution in [0.5, 0.6) is 11.5 Å². The summed E-state index contributed by atoms with van der Waals surface area (Å²) in [6.45, 7) is 0.582. The van der Waals surface area contributed by atoms with Gasteiger partial charge in [0.25, 0.3) is 5.91 Å². The van der Waals surface area contributed by atoms with Gasteiger partial charge in [0.2, 0.25) is 5.60 Å². The number of hydrogen-bond acceptors (Lipinski definition) is 5. The lowest BCUT2D eigenvalue weighted by Crippen LogP contribution is -2.64. The molecule has 3 aliphatic heterocycles. The van der Waals surface area contributed by atoms with E-state index < -0.39 is 11.0 Å². The normalized spacial score (nSPS) is 28.9. The molecule has 1 fully saturated rings. The van der Waals surface area contributed by atoms with E-state index in [0.717, 1.165) is 33.5 Å². The van der Waals surface area contributed by atoms with Crippen LogP contribution >= 0.6 is 11.6 Å². The number of benzene rings is 4. The van der Waals surface area contributed by atoms with Crippen molar-refractivity contribution in [2.24, 2.45) is 10.6 Å². The zero-order valence-electron chi connectivity index (χ0n) is 23.1. The lowest BCUT2D eigenvalue weighted by atomic mass is 9.42. The summed E-state index contributed by atoms with van der Waals surface area (Å²) in [5.74, 6) is 0.840. The number of rotatable bonds is 3. The van der Waals surface area contributed by atoms with E-state index in [0.29, 0.717) is 29.5 Å². The SMILES string of the molecule is COc1cc2c(cc1OC)[C@H]1N(CC2)C(=O)C23ON=C(c4ccc(Cl)cc4)C12C1c2ccccc2C3c2ccccc21. The van der Waals surface area contributed by atoms with Crippen LogP contribution in [-0.4, -0.2) is 42.9 Å². The van der Waals surface area contributed by atoms with Crippen LogP contribution in [0, 0.1) is 5.41 Å². The Morgan fingerprint density at radius 2 is 1.43 bits per heavy atom. The van der Waals surface area contributed by atoms with Gasteiger partial charge in [-0.3, -0.25) is 4.79 Å². The van der Waals surface area contributed by atoms with E-state index in [9.17, 15) is 0 Å². The molecule has 10 rings (SSSR count). The standard InChI is InChI=1S/C35H27ClN2O4/c1-40-27-17-20-15-16-38-32(26(20)18-28(27)41-2)34-29-22-7-3-5-9-24(22)30(25-10-6-4-8-23(25)29)35(34,33(38)39)42-37-31(34)19-11-13-21(36)14-12-19/h3-14,17-18,29-30,32H,15-16H2,1-2H3/t29?,30?,32-,34?,35?/m1/s1. The van der Waals surface area contributed by atoms with Gasteiger partial charge < -0.3 is 19.2 Å². The maximum absolute atomic E-state index is 15.2. The molecule has 42 heavy (non-hydrogen) atoms. The van der Waals surface area contributed by atoms with Gasteiger partial charge in [-0.05, 0) is 64.1 Å². The topological polar surface area (TPSA) is 60.4 Å². The fraction of sp³-hybridized carbons (Fsp3) is 0.257. The molecule has 0 N–H and O–H groups in total. The predicted octanol–water partition coefficient (Wildman–Crippen LogP) is 6.25. The molecule has 2 bridgehead atoms. The van der Waals surface area contributed by atoms with Crippen LogP contribution in [0.1, 0.15) is 56.8 Å². The second-order valence-corrected chi connectivity index (χ2v) is 12.3. The molecule has 0 aromatic heterocycles. The van der Waals surface area contributed by atoms with Crippen molar-refractivity contribution >= 4 is 23.2 Å². The first-order chi connectivity index (χ1) is 20.6. The highest BCUT2D eigenvalue weighted by atomic mass is 35.5. The van der Waals surface area contributed by atoms with E-state index in [1.165, 1.54) is 11.1 Å². The summed E-state index contributed by atoms with van der Waals surface area (Å²) in [5, 5.41) is 5.56. The molecule has 0 spiro atoms. The summed E-state index contributed by atoms with van der Waals surface area (Å²) in [5.41, 5.74) is 6.57. The molecule has 6 aliphatic rings. The number of methoxy groups -OCH3 is 2. The number of halogens is 1. The van der Waals surface area contributed by atoms with Crippen molar-refractivity contribution < 1.29 is 19.1 Å². The largest absolute Gasteiger partial charge is 0.493 e. The summed E-state index contributed by atoms with van der Waals surface area (Å²) in [6.07, 6.45) is 0.715. The zero-order valence-corrected chi connectivity index (χ0v) is 23.9. The molecule has 3 aliphatic carbocycles. The Balaban J connectivity index is 1.43. The first-order valence-corrected chi connectivity index (χ1v) is 14.7. The molecular formula is C35H27ClN2O4. The predicted molar refractivity (Wildman–Crippen MR) is 159 cm³/mol. The minimum absolute atomic E-state index is 0.000320. The molecule has 208 valence electrons. The molecule has 0 saturated carbocycles. The lowest BCUT2D eigenvalue weighted by molar-refractivity contribution is -0.157. The van der Waals surface area contributed by atoms with Crippen molar-refractivity contribution in [1.29, 1.82) is 0 Å². The van der Waals surface area contributed by atoms with Gasteiger partial charge in [0.1, 0.15) is 11.1 Å². The Labute approximate surface area is 248 Å². The molecule has 3 heterocycles. The summed E-state index contributed by atoms with van der Waals surface area (Å²) in [6, 6.07) is 28.7. The van der Waals surface area contributed by atoms with Gasteiger partial charge in [-0.15, -0.1) is 0 Å². The third kappa shape index (κ3) is 2.56. The van der Waals surface area contributed by atoms with Gasteiger partial charge in [-0.1, -0.05) is 77.4 Å². The molecule has 2 unspecified atom stereocenters. The number of fused-ring (bicyclic) bond motifs is 3. The summed E-state index contributed by atoms with van der Waals surface area (Å²) < 4.78 is 11.5. The summed E-state index contributed by atoms with van der Waals surface area (Å²) in [4.78, 5) is 23.9. The molecule has 4 aromatic carbocycles. The molecule has 6 nitrogen and oxygen atoms in total. The Bertz CT molecular complexity index is 1820. The number of ether oxygens (including phenoxy) is 2. The molecule has 7 heteroatoms.